The maximum absolute atomic E-state index is 11.7. The van der Waals surface area contributed by atoms with Crippen LogP contribution in [0.3, 0.4) is 0 Å². The summed E-state index contributed by atoms with van der Waals surface area (Å²) in [6, 6.07) is 0. The van der Waals surface area contributed by atoms with E-state index in [4.69, 9.17) is 0 Å². The van der Waals surface area contributed by atoms with E-state index in [-0.39, 0.29) is 11.8 Å². The lowest BCUT2D eigenvalue weighted by Gasteiger charge is -2.34. The normalized spacial score (nSPS) is 11.0. The van der Waals surface area contributed by atoms with Crippen LogP contribution in [-0.2, 0) is 9.59 Å². The fourth-order valence-electron chi connectivity index (χ4n) is 1.95. The Kier molecular flexibility index (Phi) is 8.37. The molecule has 0 aromatic heterocycles. The molecule has 104 valence electrons. The van der Waals surface area contributed by atoms with E-state index in [1.54, 1.807) is 13.8 Å². The second-order valence-corrected chi connectivity index (χ2v) is 6.70. The summed E-state index contributed by atoms with van der Waals surface area (Å²) in [6.07, 6.45) is 4.18. The summed E-state index contributed by atoms with van der Waals surface area (Å²) in [5, 5.41) is 0. The molecule has 0 heterocycles. The molecule has 4 nitrogen and oxygen atoms in total. The standard InChI is InChI=1S/C13H26N2O2Si/c1-6-9-10-11-18(14(7-2)12(4)16)15(8-3)13(5)17/h10-11,18H,6-9H2,1-5H3. The minimum Gasteiger partial charge on any atom is -0.351 e. The summed E-state index contributed by atoms with van der Waals surface area (Å²) in [5.41, 5.74) is 2.10. The molecule has 0 aromatic rings. The molecule has 5 heteroatoms. The first kappa shape index (κ1) is 16.9. The van der Waals surface area contributed by atoms with Crippen LogP contribution in [0.4, 0.5) is 0 Å². The van der Waals surface area contributed by atoms with Crippen molar-refractivity contribution in [3.05, 3.63) is 11.8 Å². The van der Waals surface area contributed by atoms with Crippen LogP contribution in [0.2, 0.25) is 0 Å². The predicted molar refractivity (Wildman–Crippen MR) is 77.3 cm³/mol. The minimum absolute atomic E-state index is 0.0509. The lowest BCUT2D eigenvalue weighted by atomic mass is 10.3. The SMILES string of the molecule is CCCC=C[SiH](N(CC)C(C)=O)N(CC)C(C)=O. The van der Waals surface area contributed by atoms with Gasteiger partial charge in [0.1, 0.15) is 0 Å². The molecule has 0 aliphatic carbocycles. The monoisotopic (exact) mass is 270 g/mol. The molecule has 18 heavy (non-hydrogen) atoms. The Morgan fingerprint density at radius 1 is 1.00 bits per heavy atom. The van der Waals surface area contributed by atoms with Crippen LogP contribution in [-0.4, -0.2) is 43.2 Å². The quantitative estimate of drug-likeness (QED) is 0.662. The number of hydrogen-bond acceptors (Lipinski definition) is 2. The Morgan fingerprint density at radius 3 is 1.72 bits per heavy atom. The van der Waals surface area contributed by atoms with Crippen molar-refractivity contribution in [2.24, 2.45) is 0 Å². The molecule has 0 bridgehead atoms. The van der Waals surface area contributed by atoms with E-state index in [9.17, 15) is 9.59 Å². The molecule has 0 radical (unpaired) electrons. The Bertz CT molecular complexity index is 283. The van der Waals surface area contributed by atoms with Crippen LogP contribution >= 0.6 is 0 Å². The predicted octanol–water partition coefficient (Wildman–Crippen LogP) is 1.84. The van der Waals surface area contributed by atoms with E-state index < -0.39 is 9.12 Å². The largest absolute Gasteiger partial charge is 0.351 e. The summed E-state index contributed by atoms with van der Waals surface area (Å²) >= 11 is 0. The van der Waals surface area contributed by atoms with E-state index in [2.05, 4.69) is 18.7 Å². The molecule has 0 aliphatic rings. The highest BCUT2D eigenvalue weighted by atomic mass is 28.3. The van der Waals surface area contributed by atoms with Crippen LogP contribution in [0.25, 0.3) is 0 Å². The van der Waals surface area contributed by atoms with Gasteiger partial charge in [0.05, 0.1) is 0 Å². The third-order valence-corrected chi connectivity index (χ3v) is 6.24. The number of allylic oxidation sites excluding steroid dienone is 1. The molecule has 0 N–H and O–H groups in total. The van der Waals surface area contributed by atoms with Gasteiger partial charge in [0.15, 0.2) is 0 Å². The Hall–Kier alpha value is -1.10. The van der Waals surface area contributed by atoms with Gasteiger partial charge in [0, 0.05) is 26.9 Å². The van der Waals surface area contributed by atoms with Crippen LogP contribution in [0.15, 0.2) is 11.8 Å². The van der Waals surface area contributed by atoms with Gasteiger partial charge in [-0.05, 0) is 20.3 Å². The van der Waals surface area contributed by atoms with Gasteiger partial charge in [-0.3, -0.25) is 9.59 Å². The van der Waals surface area contributed by atoms with E-state index in [0.717, 1.165) is 12.8 Å². The van der Waals surface area contributed by atoms with E-state index >= 15 is 0 Å². The molecule has 0 unspecified atom stereocenters. The van der Waals surface area contributed by atoms with Crippen molar-refractivity contribution in [1.82, 2.24) is 9.13 Å². The second-order valence-electron chi connectivity index (χ2n) is 4.24. The Morgan fingerprint density at radius 2 is 1.44 bits per heavy atom. The molecule has 0 saturated heterocycles. The zero-order valence-electron chi connectivity index (χ0n) is 12.3. The van der Waals surface area contributed by atoms with Crippen LogP contribution in [0.5, 0.6) is 0 Å². The van der Waals surface area contributed by atoms with Crippen LogP contribution in [0.1, 0.15) is 47.5 Å². The molecule has 0 saturated carbocycles. The average Bonchev–Trinajstić information content (AvgIpc) is 2.29. The van der Waals surface area contributed by atoms with Crippen molar-refractivity contribution < 1.29 is 9.59 Å². The van der Waals surface area contributed by atoms with Gasteiger partial charge in [-0.25, -0.2) is 0 Å². The molecule has 0 aromatic carbocycles. The Labute approximate surface area is 112 Å². The highest BCUT2D eigenvalue weighted by Gasteiger charge is 2.27. The van der Waals surface area contributed by atoms with Gasteiger partial charge < -0.3 is 9.13 Å². The fraction of sp³-hybridized carbons (Fsp3) is 0.692. The number of rotatable bonds is 7. The van der Waals surface area contributed by atoms with Gasteiger partial charge in [-0.15, -0.1) is 0 Å². The number of hydrogen-bond donors (Lipinski definition) is 0. The third kappa shape index (κ3) is 5.04. The molecule has 2 amide bonds. The highest BCUT2D eigenvalue weighted by Crippen LogP contribution is 2.06. The molecule has 0 atom stereocenters. The fourth-order valence-corrected chi connectivity index (χ4v) is 4.63. The van der Waals surface area contributed by atoms with Crippen molar-refractivity contribution in [3.63, 3.8) is 0 Å². The molecular formula is C13H26N2O2Si. The number of amides is 2. The van der Waals surface area contributed by atoms with Crippen molar-refractivity contribution in [1.29, 1.82) is 0 Å². The number of carbonyl (C=O) groups excluding carboxylic acids is 2. The van der Waals surface area contributed by atoms with Crippen LogP contribution in [0, 0.1) is 0 Å². The summed E-state index contributed by atoms with van der Waals surface area (Å²) in [6.45, 7) is 10.5. The molecule has 0 aliphatic heterocycles. The molecule has 0 spiro atoms. The lowest BCUT2D eigenvalue weighted by molar-refractivity contribution is -0.126. The summed E-state index contributed by atoms with van der Waals surface area (Å²) in [4.78, 5) is 23.4. The van der Waals surface area contributed by atoms with Crippen LogP contribution < -0.4 is 0 Å². The summed E-state index contributed by atoms with van der Waals surface area (Å²) < 4.78 is 3.69. The molecular weight excluding hydrogens is 244 g/mol. The number of unbranched alkanes of at least 4 members (excludes halogenated alkanes) is 1. The van der Waals surface area contributed by atoms with Gasteiger partial charge in [-0.1, -0.05) is 25.1 Å². The van der Waals surface area contributed by atoms with Gasteiger partial charge in [0.2, 0.25) is 11.8 Å². The first-order valence-electron chi connectivity index (χ1n) is 6.70. The van der Waals surface area contributed by atoms with E-state index in [1.807, 2.05) is 23.0 Å². The first-order valence-corrected chi connectivity index (χ1v) is 8.40. The second kappa shape index (κ2) is 8.91. The van der Waals surface area contributed by atoms with E-state index in [1.165, 1.54) is 0 Å². The number of nitrogens with zero attached hydrogens (tertiary/aromatic N) is 2. The smallest absolute Gasteiger partial charge is 0.277 e. The minimum atomic E-state index is -1.82. The zero-order valence-corrected chi connectivity index (χ0v) is 13.4. The van der Waals surface area contributed by atoms with Crippen molar-refractivity contribution in [2.75, 3.05) is 13.1 Å². The molecule has 0 fully saturated rings. The third-order valence-electron chi connectivity index (χ3n) is 2.89. The Balaban J connectivity index is 5.12. The first-order chi connectivity index (χ1) is 8.49. The number of carbonyl (C=O) groups is 2. The summed E-state index contributed by atoms with van der Waals surface area (Å²) in [7, 11) is -1.82. The van der Waals surface area contributed by atoms with Gasteiger partial charge in [-0.2, -0.15) is 0 Å². The molecule has 0 rings (SSSR count). The van der Waals surface area contributed by atoms with Crippen molar-refractivity contribution in [2.45, 2.75) is 47.5 Å². The lowest BCUT2D eigenvalue weighted by Crippen LogP contribution is -2.55. The topological polar surface area (TPSA) is 40.6 Å². The van der Waals surface area contributed by atoms with Gasteiger partial charge >= 0.3 is 0 Å². The average molecular weight is 270 g/mol. The van der Waals surface area contributed by atoms with Gasteiger partial charge in [0.25, 0.3) is 9.12 Å². The maximum atomic E-state index is 11.7. The zero-order chi connectivity index (χ0) is 14.1. The van der Waals surface area contributed by atoms with Crippen molar-refractivity contribution in [3.8, 4) is 0 Å². The van der Waals surface area contributed by atoms with Crippen molar-refractivity contribution >= 4 is 20.9 Å². The van der Waals surface area contributed by atoms with E-state index in [0.29, 0.717) is 13.1 Å². The summed E-state index contributed by atoms with van der Waals surface area (Å²) in [5.74, 6) is 0.102. The maximum Gasteiger partial charge on any atom is 0.277 e. The highest BCUT2D eigenvalue weighted by molar-refractivity contribution is 6.63.